The van der Waals surface area contributed by atoms with Crippen LogP contribution in [0.15, 0.2) is 48.5 Å². The van der Waals surface area contributed by atoms with Gasteiger partial charge in [-0.1, -0.05) is 42.8 Å². The Morgan fingerprint density at radius 1 is 1.00 bits per heavy atom. The molecule has 0 aliphatic carbocycles. The highest BCUT2D eigenvalue weighted by molar-refractivity contribution is 6.30. The van der Waals surface area contributed by atoms with E-state index in [1.807, 2.05) is 48.5 Å². The fourth-order valence-corrected chi connectivity index (χ4v) is 1.98. The van der Waals surface area contributed by atoms with Gasteiger partial charge in [0.1, 0.15) is 5.75 Å². The largest absolute Gasteiger partial charge is 0.494 e. The predicted molar refractivity (Wildman–Crippen MR) is 79.7 cm³/mol. The summed E-state index contributed by atoms with van der Waals surface area (Å²) in [4.78, 5) is 0. The average Bonchev–Trinajstić information content (AvgIpc) is 2.46. The van der Waals surface area contributed by atoms with Gasteiger partial charge in [0.05, 0.1) is 12.6 Å². The van der Waals surface area contributed by atoms with Gasteiger partial charge in [0, 0.05) is 5.02 Å². The van der Waals surface area contributed by atoms with Crippen LogP contribution in [0.1, 0.15) is 30.5 Å². The van der Waals surface area contributed by atoms with E-state index in [1.165, 1.54) is 0 Å². The van der Waals surface area contributed by atoms with Crippen LogP contribution in [0.4, 0.5) is 0 Å². The van der Waals surface area contributed by atoms with Crippen molar-refractivity contribution in [1.29, 1.82) is 0 Å². The van der Waals surface area contributed by atoms with Crippen molar-refractivity contribution in [3.63, 3.8) is 0 Å². The molecule has 0 saturated carbocycles. The first-order valence-electron chi connectivity index (χ1n) is 6.44. The minimum absolute atomic E-state index is 0.141. The van der Waals surface area contributed by atoms with Crippen LogP contribution in [0.25, 0.3) is 0 Å². The number of rotatable bonds is 5. The molecule has 2 rings (SSSR count). The molecule has 2 aromatic rings. The molecule has 1 atom stereocenters. The fraction of sp³-hybridized carbons (Fsp3) is 0.250. The smallest absolute Gasteiger partial charge is 0.119 e. The van der Waals surface area contributed by atoms with Crippen LogP contribution in [0.5, 0.6) is 5.75 Å². The molecule has 19 heavy (non-hydrogen) atoms. The molecule has 0 radical (unpaired) electrons. The quantitative estimate of drug-likeness (QED) is 0.888. The van der Waals surface area contributed by atoms with Crippen molar-refractivity contribution in [2.75, 3.05) is 6.61 Å². The Balaban J connectivity index is 2.10. The summed E-state index contributed by atoms with van der Waals surface area (Å²) in [6.45, 7) is 2.83. The van der Waals surface area contributed by atoms with Crippen LogP contribution >= 0.6 is 11.6 Å². The van der Waals surface area contributed by atoms with Crippen LogP contribution < -0.4 is 10.5 Å². The minimum atomic E-state index is -0.141. The molecule has 0 heterocycles. The Labute approximate surface area is 119 Å². The summed E-state index contributed by atoms with van der Waals surface area (Å²) in [7, 11) is 0. The molecular weight excluding hydrogens is 258 g/mol. The van der Waals surface area contributed by atoms with Crippen LogP contribution in [-0.2, 0) is 0 Å². The lowest BCUT2D eigenvalue weighted by atomic mass is 10.00. The number of halogens is 1. The molecule has 0 amide bonds. The van der Waals surface area contributed by atoms with Crippen molar-refractivity contribution in [3.05, 3.63) is 64.7 Å². The monoisotopic (exact) mass is 275 g/mol. The van der Waals surface area contributed by atoms with Crippen LogP contribution in [0.2, 0.25) is 5.02 Å². The third-order valence-corrected chi connectivity index (χ3v) is 3.19. The zero-order valence-electron chi connectivity index (χ0n) is 11.0. The zero-order valence-corrected chi connectivity index (χ0v) is 11.7. The van der Waals surface area contributed by atoms with Gasteiger partial charge in [-0.25, -0.2) is 0 Å². The molecule has 100 valence electrons. The van der Waals surface area contributed by atoms with Gasteiger partial charge in [-0.05, 0) is 41.8 Å². The number of hydrogen-bond acceptors (Lipinski definition) is 2. The van der Waals surface area contributed by atoms with E-state index in [-0.39, 0.29) is 6.04 Å². The standard InChI is InChI=1S/C16H18ClNO/c1-2-11-19-15-9-5-13(6-10-15)16(18)12-3-7-14(17)8-4-12/h3-10,16H,2,11,18H2,1H3. The second-order valence-corrected chi connectivity index (χ2v) is 4.88. The number of nitrogens with two attached hydrogens (primary N) is 1. The van der Waals surface area contributed by atoms with Gasteiger partial charge in [-0.3, -0.25) is 0 Å². The second kappa shape index (κ2) is 6.60. The third-order valence-electron chi connectivity index (χ3n) is 2.94. The molecule has 0 aliphatic heterocycles. The molecule has 2 N–H and O–H groups in total. The van der Waals surface area contributed by atoms with E-state index in [9.17, 15) is 0 Å². The predicted octanol–water partition coefficient (Wildman–Crippen LogP) is 4.18. The molecule has 1 unspecified atom stereocenters. The van der Waals surface area contributed by atoms with Gasteiger partial charge >= 0.3 is 0 Å². The fourth-order valence-electron chi connectivity index (χ4n) is 1.85. The lowest BCUT2D eigenvalue weighted by Crippen LogP contribution is -2.11. The second-order valence-electron chi connectivity index (χ2n) is 4.45. The molecule has 2 aromatic carbocycles. The number of hydrogen-bond donors (Lipinski definition) is 1. The molecule has 0 saturated heterocycles. The molecule has 0 bridgehead atoms. The maximum Gasteiger partial charge on any atom is 0.119 e. The van der Waals surface area contributed by atoms with Crippen molar-refractivity contribution in [2.45, 2.75) is 19.4 Å². The first kappa shape index (κ1) is 13.9. The summed E-state index contributed by atoms with van der Waals surface area (Å²) >= 11 is 5.87. The zero-order chi connectivity index (χ0) is 13.7. The first-order valence-corrected chi connectivity index (χ1v) is 6.82. The molecular formula is C16H18ClNO. The van der Waals surface area contributed by atoms with E-state index in [2.05, 4.69) is 6.92 Å². The van der Waals surface area contributed by atoms with Crippen molar-refractivity contribution in [2.24, 2.45) is 5.73 Å². The van der Waals surface area contributed by atoms with E-state index in [0.717, 1.165) is 34.9 Å². The molecule has 0 spiro atoms. The van der Waals surface area contributed by atoms with Gasteiger partial charge in [-0.2, -0.15) is 0 Å². The van der Waals surface area contributed by atoms with Crippen molar-refractivity contribution < 1.29 is 4.74 Å². The summed E-state index contributed by atoms with van der Waals surface area (Å²) in [5, 5.41) is 0.722. The van der Waals surface area contributed by atoms with Crippen molar-refractivity contribution in [3.8, 4) is 5.75 Å². The maximum atomic E-state index is 6.23. The first-order chi connectivity index (χ1) is 9.20. The van der Waals surface area contributed by atoms with E-state index in [4.69, 9.17) is 22.1 Å². The van der Waals surface area contributed by atoms with Crippen LogP contribution in [-0.4, -0.2) is 6.61 Å². The van der Waals surface area contributed by atoms with Crippen molar-refractivity contribution >= 4 is 11.6 Å². The highest BCUT2D eigenvalue weighted by Gasteiger charge is 2.08. The highest BCUT2D eigenvalue weighted by atomic mass is 35.5. The lowest BCUT2D eigenvalue weighted by Gasteiger charge is -2.13. The molecule has 3 heteroatoms. The van der Waals surface area contributed by atoms with Gasteiger partial charge < -0.3 is 10.5 Å². The van der Waals surface area contributed by atoms with Crippen LogP contribution in [0, 0.1) is 0 Å². The Kier molecular flexibility index (Phi) is 4.83. The highest BCUT2D eigenvalue weighted by Crippen LogP contribution is 2.23. The summed E-state index contributed by atoms with van der Waals surface area (Å²) in [6, 6.07) is 15.4. The Bertz CT molecular complexity index is 507. The molecule has 0 fully saturated rings. The summed E-state index contributed by atoms with van der Waals surface area (Å²) < 4.78 is 5.55. The van der Waals surface area contributed by atoms with Gasteiger partial charge in [-0.15, -0.1) is 0 Å². The van der Waals surface area contributed by atoms with Crippen molar-refractivity contribution in [1.82, 2.24) is 0 Å². The molecule has 0 aromatic heterocycles. The van der Waals surface area contributed by atoms with Gasteiger partial charge in [0.25, 0.3) is 0 Å². The van der Waals surface area contributed by atoms with E-state index in [1.54, 1.807) is 0 Å². The van der Waals surface area contributed by atoms with Gasteiger partial charge in [0.2, 0.25) is 0 Å². The SMILES string of the molecule is CCCOc1ccc(C(N)c2ccc(Cl)cc2)cc1. The summed E-state index contributed by atoms with van der Waals surface area (Å²) in [5.74, 6) is 0.883. The summed E-state index contributed by atoms with van der Waals surface area (Å²) in [5.41, 5.74) is 8.34. The molecule has 0 aliphatic rings. The summed E-state index contributed by atoms with van der Waals surface area (Å²) in [6.07, 6.45) is 1.01. The topological polar surface area (TPSA) is 35.2 Å². The Morgan fingerprint density at radius 3 is 2.05 bits per heavy atom. The average molecular weight is 276 g/mol. The van der Waals surface area contributed by atoms with Crippen LogP contribution in [0.3, 0.4) is 0 Å². The van der Waals surface area contributed by atoms with Gasteiger partial charge in [0.15, 0.2) is 0 Å². The number of benzene rings is 2. The van der Waals surface area contributed by atoms with E-state index < -0.39 is 0 Å². The number of ether oxygens (including phenoxy) is 1. The van der Waals surface area contributed by atoms with E-state index in [0.29, 0.717) is 0 Å². The lowest BCUT2D eigenvalue weighted by molar-refractivity contribution is 0.317. The normalized spacial score (nSPS) is 12.2. The van der Waals surface area contributed by atoms with E-state index >= 15 is 0 Å². The Morgan fingerprint density at radius 2 is 1.53 bits per heavy atom. The third kappa shape index (κ3) is 3.72. The molecule has 2 nitrogen and oxygen atoms in total. The maximum absolute atomic E-state index is 6.23. The minimum Gasteiger partial charge on any atom is -0.494 e. The Hall–Kier alpha value is -1.51.